The molecule has 7 heteroatoms. The minimum atomic E-state index is 0.581. The number of rotatable bonds is 10. The minimum Gasteiger partial charge on any atom is -0.496 e. The van der Waals surface area contributed by atoms with Gasteiger partial charge in [0.2, 0.25) is 5.75 Å². The van der Waals surface area contributed by atoms with Gasteiger partial charge in [-0.15, -0.1) is 11.3 Å². The molecular formula is C22H26N2O4S. The van der Waals surface area contributed by atoms with Crippen molar-refractivity contribution >= 4 is 11.3 Å². The van der Waals surface area contributed by atoms with Gasteiger partial charge in [-0.05, 0) is 36.7 Å². The monoisotopic (exact) mass is 414 g/mol. The first-order chi connectivity index (χ1) is 14.2. The number of aromatic nitrogens is 1. The number of methoxy groups -OCH3 is 4. The summed E-state index contributed by atoms with van der Waals surface area (Å²) in [5.74, 6) is 2.78. The van der Waals surface area contributed by atoms with E-state index in [1.54, 1.807) is 39.8 Å². The van der Waals surface area contributed by atoms with E-state index in [1.807, 2.05) is 36.5 Å². The van der Waals surface area contributed by atoms with Gasteiger partial charge in [-0.25, -0.2) is 4.98 Å². The largest absolute Gasteiger partial charge is 0.496 e. The second-order valence-corrected chi connectivity index (χ2v) is 7.35. The molecule has 3 rings (SSSR count). The van der Waals surface area contributed by atoms with Crippen LogP contribution in [0.5, 0.6) is 23.0 Å². The van der Waals surface area contributed by atoms with Crippen molar-refractivity contribution in [3.63, 3.8) is 0 Å². The summed E-state index contributed by atoms with van der Waals surface area (Å²) in [6.07, 6.45) is 2.76. The lowest BCUT2D eigenvalue weighted by Crippen LogP contribution is -2.16. The highest BCUT2D eigenvalue weighted by Crippen LogP contribution is 2.45. The Kier molecular flexibility index (Phi) is 7.32. The zero-order valence-corrected chi connectivity index (χ0v) is 18.0. The highest BCUT2D eigenvalue weighted by Gasteiger charge is 2.18. The molecule has 29 heavy (non-hydrogen) atoms. The van der Waals surface area contributed by atoms with E-state index >= 15 is 0 Å². The van der Waals surface area contributed by atoms with Crippen molar-refractivity contribution in [3.8, 4) is 33.4 Å². The number of ether oxygens (including phenoxy) is 4. The van der Waals surface area contributed by atoms with Crippen LogP contribution in [-0.2, 0) is 13.0 Å². The third-order valence-electron chi connectivity index (χ3n) is 4.56. The van der Waals surface area contributed by atoms with Gasteiger partial charge >= 0.3 is 0 Å². The summed E-state index contributed by atoms with van der Waals surface area (Å²) in [4.78, 5) is 5.57. The maximum atomic E-state index is 5.59. The Morgan fingerprint density at radius 1 is 0.862 bits per heavy atom. The molecule has 0 saturated heterocycles. The molecule has 0 atom stereocenters. The predicted octanol–water partition coefficient (Wildman–Crippen LogP) is 4.18. The average Bonchev–Trinajstić information content (AvgIpc) is 3.24. The van der Waals surface area contributed by atoms with Crippen LogP contribution in [0.25, 0.3) is 10.4 Å². The Morgan fingerprint density at radius 3 is 2.34 bits per heavy atom. The molecule has 0 aliphatic rings. The molecule has 0 aliphatic heterocycles. The molecule has 154 valence electrons. The summed E-state index contributed by atoms with van der Waals surface area (Å²) in [6, 6.07) is 11.9. The summed E-state index contributed by atoms with van der Waals surface area (Å²) < 4.78 is 21.8. The fourth-order valence-corrected chi connectivity index (χ4v) is 4.05. The van der Waals surface area contributed by atoms with Crippen LogP contribution in [0.4, 0.5) is 0 Å². The molecule has 3 aromatic rings. The Hall–Kier alpha value is -2.77. The first kappa shape index (κ1) is 21.0. The molecule has 0 aliphatic carbocycles. The van der Waals surface area contributed by atoms with Crippen LogP contribution in [-0.4, -0.2) is 40.0 Å². The molecule has 1 heterocycles. The van der Waals surface area contributed by atoms with Crippen molar-refractivity contribution in [2.24, 2.45) is 0 Å². The van der Waals surface area contributed by atoms with E-state index in [1.165, 1.54) is 5.56 Å². The lowest BCUT2D eigenvalue weighted by atomic mass is 10.1. The van der Waals surface area contributed by atoms with Crippen molar-refractivity contribution < 1.29 is 18.9 Å². The molecule has 1 N–H and O–H groups in total. The van der Waals surface area contributed by atoms with Gasteiger partial charge in [-0.2, -0.15) is 0 Å². The van der Waals surface area contributed by atoms with E-state index in [-0.39, 0.29) is 0 Å². The molecule has 0 fully saturated rings. The van der Waals surface area contributed by atoms with Crippen LogP contribution in [0, 0.1) is 0 Å². The Labute approximate surface area is 175 Å². The Morgan fingerprint density at radius 2 is 1.62 bits per heavy atom. The van der Waals surface area contributed by atoms with E-state index in [2.05, 4.69) is 16.4 Å². The van der Waals surface area contributed by atoms with Crippen molar-refractivity contribution in [1.29, 1.82) is 0 Å². The van der Waals surface area contributed by atoms with Crippen molar-refractivity contribution in [2.45, 2.75) is 13.0 Å². The quantitative estimate of drug-likeness (QED) is 0.502. The zero-order valence-electron chi connectivity index (χ0n) is 17.2. The van der Waals surface area contributed by atoms with Gasteiger partial charge in [0.1, 0.15) is 10.8 Å². The van der Waals surface area contributed by atoms with Crippen LogP contribution in [0.3, 0.4) is 0 Å². The van der Waals surface area contributed by atoms with Crippen LogP contribution in [0.1, 0.15) is 10.6 Å². The molecule has 0 radical (unpaired) electrons. The molecular weight excluding hydrogens is 388 g/mol. The first-order valence-corrected chi connectivity index (χ1v) is 10.1. The molecule has 0 saturated carbocycles. The van der Waals surface area contributed by atoms with Crippen LogP contribution in [0.2, 0.25) is 0 Å². The minimum absolute atomic E-state index is 0.581. The van der Waals surface area contributed by atoms with Crippen LogP contribution < -0.4 is 24.3 Å². The van der Waals surface area contributed by atoms with Gasteiger partial charge in [0, 0.05) is 18.3 Å². The third-order valence-corrected chi connectivity index (χ3v) is 5.59. The topological polar surface area (TPSA) is 61.8 Å². The lowest BCUT2D eigenvalue weighted by Gasteiger charge is -2.14. The SMILES string of the molecule is COc1ccccc1CCNCc1ncc(-c2ccc(OC)c(OC)c2OC)s1. The average molecular weight is 415 g/mol. The van der Waals surface area contributed by atoms with E-state index in [0.717, 1.165) is 34.2 Å². The van der Waals surface area contributed by atoms with E-state index < -0.39 is 0 Å². The molecule has 0 amide bonds. The van der Waals surface area contributed by atoms with Gasteiger partial charge in [0.15, 0.2) is 11.5 Å². The normalized spacial score (nSPS) is 10.6. The van der Waals surface area contributed by atoms with Gasteiger partial charge in [-0.3, -0.25) is 0 Å². The lowest BCUT2D eigenvalue weighted by molar-refractivity contribution is 0.325. The summed E-state index contributed by atoms with van der Waals surface area (Å²) in [6.45, 7) is 1.55. The zero-order chi connectivity index (χ0) is 20.6. The van der Waals surface area contributed by atoms with Gasteiger partial charge < -0.3 is 24.3 Å². The smallest absolute Gasteiger partial charge is 0.203 e. The van der Waals surface area contributed by atoms with Crippen molar-refractivity contribution in [3.05, 3.63) is 53.2 Å². The number of nitrogens with one attached hydrogen (secondary N) is 1. The summed E-state index contributed by atoms with van der Waals surface area (Å²) in [5.41, 5.74) is 2.13. The Balaban J connectivity index is 1.65. The van der Waals surface area contributed by atoms with E-state index in [4.69, 9.17) is 18.9 Å². The highest BCUT2D eigenvalue weighted by atomic mass is 32.1. The fraction of sp³-hybridized carbons (Fsp3) is 0.318. The Bertz CT molecular complexity index is 942. The number of thiazole rings is 1. The molecule has 0 unspecified atom stereocenters. The van der Waals surface area contributed by atoms with Crippen molar-refractivity contribution in [1.82, 2.24) is 10.3 Å². The second kappa shape index (κ2) is 10.1. The van der Waals surface area contributed by atoms with Gasteiger partial charge in [0.05, 0.1) is 33.3 Å². The summed E-state index contributed by atoms with van der Waals surface area (Å²) in [7, 11) is 6.54. The number of hydrogen-bond donors (Lipinski definition) is 1. The molecule has 1 aromatic heterocycles. The maximum absolute atomic E-state index is 5.59. The summed E-state index contributed by atoms with van der Waals surface area (Å²) in [5, 5.41) is 4.46. The number of para-hydroxylation sites is 1. The highest BCUT2D eigenvalue weighted by molar-refractivity contribution is 7.15. The standard InChI is InChI=1S/C22H26N2O4S/c1-25-17-8-6-5-7-15(17)11-12-23-14-20-24-13-19(29-20)16-9-10-18(26-2)22(28-4)21(16)27-3/h5-10,13,23H,11-12,14H2,1-4H3. The predicted molar refractivity (Wildman–Crippen MR) is 116 cm³/mol. The molecule has 6 nitrogen and oxygen atoms in total. The first-order valence-electron chi connectivity index (χ1n) is 9.28. The van der Waals surface area contributed by atoms with Gasteiger partial charge in [-0.1, -0.05) is 18.2 Å². The molecule has 0 spiro atoms. The molecule has 0 bridgehead atoms. The number of hydrogen-bond acceptors (Lipinski definition) is 7. The fourth-order valence-electron chi connectivity index (χ4n) is 3.14. The number of nitrogens with zero attached hydrogens (tertiary/aromatic N) is 1. The maximum Gasteiger partial charge on any atom is 0.203 e. The van der Waals surface area contributed by atoms with E-state index in [9.17, 15) is 0 Å². The van der Waals surface area contributed by atoms with Crippen LogP contribution in [0.15, 0.2) is 42.6 Å². The van der Waals surface area contributed by atoms with E-state index in [0.29, 0.717) is 23.8 Å². The number of benzene rings is 2. The van der Waals surface area contributed by atoms with Crippen molar-refractivity contribution in [2.75, 3.05) is 35.0 Å². The second-order valence-electron chi connectivity index (χ2n) is 6.24. The van der Waals surface area contributed by atoms with Crippen LogP contribution >= 0.6 is 11.3 Å². The van der Waals surface area contributed by atoms with Gasteiger partial charge in [0.25, 0.3) is 0 Å². The summed E-state index contributed by atoms with van der Waals surface area (Å²) >= 11 is 1.63. The third kappa shape index (κ3) is 4.81. The molecule has 2 aromatic carbocycles.